The first-order valence-corrected chi connectivity index (χ1v) is 12.4. The third-order valence-corrected chi connectivity index (χ3v) is 9.01. The first-order valence-electron chi connectivity index (χ1n) is 10.8. The SMILES string of the molecule is COc1cc(-c2cc(C(=O)N3CC(S(=O)(=O)C4CCCCC4)C3)[nH]n2)cc(OC)c1OC. The fourth-order valence-corrected chi connectivity index (χ4v) is 6.77. The van der Waals surface area contributed by atoms with Crippen molar-refractivity contribution < 1.29 is 27.4 Å². The molecule has 2 aromatic rings. The molecule has 10 heteroatoms. The van der Waals surface area contributed by atoms with Gasteiger partial charge in [-0.05, 0) is 31.0 Å². The monoisotopic (exact) mass is 463 g/mol. The lowest BCUT2D eigenvalue weighted by atomic mass is 10.0. The Bertz CT molecular complexity index is 1060. The van der Waals surface area contributed by atoms with E-state index < -0.39 is 15.1 Å². The molecule has 0 atom stereocenters. The van der Waals surface area contributed by atoms with E-state index in [9.17, 15) is 13.2 Å². The van der Waals surface area contributed by atoms with Gasteiger partial charge in [0.2, 0.25) is 5.75 Å². The Kier molecular flexibility index (Phi) is 6.32. The number of likely N-dealkylation sites (tertiary alicyclic amines) is 1. The van der Waals surface area contributed by atoms with E-state index in [4.69, 9.17) is 14.2 Å². The number of aromatic amines is 1. The first-order chi connectivity index (χ1) is 15.4. The van der Waals surface area contributed by atoms with E-state index in [1.807, 2.05) is 0 Å². The van der Waals surface area contributed by atoms with Gasteiger partial charge in [-0.3, -0.25) is 9.89 Å². The molecule has 1 aliphatic carbocycles. The number of carbonyl (C=O) groups excluding carboxylic acids is 1. The van der Waals surface area contributed by atoms with Gasteiger partial charge in [0, 0.05) is 18.7 Å². The topological polar surface area (TPSA) is 111 Å². The number of nitrogens with one attached hydrogen (secondary N) is 1. The van der Waals surface area contributed by atoms with E-state index in [2.05, 4.69) is 10.2 Å². The number of hydrogen-bond donors (Lipinski definition) is 1. The number of nitrogens with zero attached hydrogens (tertiary/aromatic N) is 2. The van der Waals surface area contributed by atoms with Crippen molar-refractivity contribution in [2.75, 3.05) is 34.4 Å². The van der Waals surface area contributed by atoms with Crippen LogP contribution in [-0.2, 0) is 9.84 Å². The summed E-state index contributed by atoms with van der Waals surface area (Å²) >= 11 is 0. The Hall–Kier alpha value is -2.75. The van der Waals surface area contributed by atoms with E-state index in [1.54, 1.807) is 23.1 Å². The molecule has 1 N–H and O–H groups in total. The fraction of sp³-hybridized carbons (Fsp3) is 0.545. The molecule has 4 rings (SSSR count). The minimum Gasteiger partial charge on any atom is -0.493 e. The normalized spacial score (nSPS) is 17.7. The van der Waals surface area contributed by atoms with Crippen molar-refractivity contribution in [3.8, 4) is 28.5 Å². The van der Waals surface area contributed by atoms with Crippen LogP contribution in [0.2, 0.25) is 0 Å². The standard InChI is InChI=1S/C22H29N3O6S/c1-29-19-9-14(10-20(30-2)21(19)31-3)17-11-18(24-23-17)22(26)25-12-16(13-25)32(27,28)15-7-5-4-6-8-15/h9-11,15-16H,4-8,12-13H2,1-3H3,(H,23,24). The molecule has 9 nitrogen and oxygen atoms in total. The summed E-state index contributed by atoms with van der Waals surface area (Å²) in [5, 5.41) is 6.31. The summed E-state index contributed by atoms with van der Waals surface area (Å²) in [7, 11) is 1.39. The van der Waals surface area contributed by atoms with E-state index in [0.29, 0.717) is 34.2 Å². The summed E-state index contributed by atoms with van der Waals surface area (Å²) in [4.78, 5) is 14.4. The molecule has 1 aromatic carbocycles. The number of carbonyl (C=O) groups is 1. The summed E-state index contributed by atoms with van der Waals surface area (Å²) < 4.78 is 41.8. The highest BCUT2D eigenvalue weighted by Gasteiger charge is 2.44. The molecule has 174 valence electrons. The van der Waals surface area contributed by atoms with Crippen LogP contribution in [0.15, 0.2) is 18.2 Å². The third kappa shape index (κ3) is 4.03. The van der Waals surface area contributed by atoms with Crippen LogP contribution in [-0.4, -0.2) is 74.3 Å². The van der Waals surface area contributed by atoms with Gasteiger partial charge in [0.15, 0.2) is 21.3 Å². The summed E-state index contributed by atoms with van der Waals surface area (Å²) in [6.45, 7) is 0.465. The molecule has 0 unspecified atom stereocenters. The maximum absolute atomic E-state index is 12.9. The smallest absolute Gasteiger partial charge is 0.271 e. The van der Waals surface area contributed by atoms with Crippen LogP contribution in [0.3, 0.4) is 0 Å². The first kappa shape index (κ1) is 22.4. The molecule has 0 spiro atoms. The van der Waals surface area contributed by atoms with Crippen molar-refractivity contribution >= 4 is 15.7 Å². The highest BCUT2D eigenvalue weighted by Crippen LogP contribution is 2.41. The Balaban J connectivity index is 1.46. The third-order valence-electron chi connectivity index (χ3n) is 6.39. The van der Waals surface area contributed by atoms with Crippen molar-refractivity contribution in [1.29, 1.82) is 0 Å². The molecule has 1 aromatic heterocycles. The minimum absolute atomic E-state index is 0.232. The lowest BCUT2D eigenvalue weighted by Gasteiger charge is -2.40. The zero-order valence-electron chi connectivity index (χ0n) is 18.6. The summed E-state index contributed by atoms with van der Waals surface area (Å²) in [6.07, 6.45) is 4.53. The largest absolute Gasteiger partial charge is 0.493 e. The van der Waals surface area contributed by atoms with Crippen LogP contribution < -0.4 is 14.2 Å². The lowest BCUT2D eigenvalue weighted by molar-refractivity contribution is 0.0652. The average Bonchev–Trinajstić information content (AvgIpc) is 3.27. The molecule has 1 amide bonds. The molecule has 2 heterocycles. The lowest BCUT2D eigenvalue weighted by Crippen LogP contribution is -2.58. The molecule has 2 fully saturated rings. The van der Waals surface area contributed by atoms with E-state index in [-0.39, 0.29) is 24.2 Å². The Labute approximate surface area is 188 Å². The summed E-state index contributed by atoms with van der Waals surface area (Å²) in [5.41, 5.74) is 1.54. The van der Waals surface area contributed by atoms with Gasteiger partial charge in [0.25, 0.3) is 5.91 Å². The molecular formula is C22H29N3O6S. The number of amides is 1. The summed E-state index contributed by atoms with van der Waals surface area (Å²) in [5.74, 6) is 1.18. The van der Waals surface area contributed by atoms with Gasteiger partial charge in [-0.2, -0.15) is 5.10 Å². The van der Waals surface area contributed by atoms with Crippen molar-refractivity contribution in [2.45, 2.75) is 42.6 Å². The number of benzene rings is 1. The van der Waals surface area contributed by atoms with Gasteiger partial charge < -0.3 is 19.1 Å². The molecule has 2 aliphatic rings. The second-order valence-electron chi connectivity index (χ2n) is 8.26. The van der Waals surface area contributed by atoms with Crippen molar-refractivity contribution in [2.24, 2.45) is 0 Å². The van der Waals surface area contributed by atoms with Crippen LogP contribution in [0, 0.1) is 0 Å². The fourth-order valence-electron chi connectivity index (χ4n) is 4.46. The van der Waals surface area contributed by atoms with Gasteiger partial charge in [-0.15, -0.1) is 0 Å². The molecule has 0 bridgehead atoms. The van der Waals surface area contributed by atoms with Crippen LogP contribution >= 0.6 is 0 Å². The highest BCUT2D eigenvalue weighted by atomic mass is 32.2. The van der Waals surface area contributed by atoms with E-state index in [0.717, 1.165) is 32.1 Å². The van der Waals surface area contributed by atoms with Crippen molar-refractivity contribution in [3.05, 3.63) is 23.9 Å². The molecule has 1 saturated heterocycles. The minimum atomic E-state index is -3.19. The van der Waals surface area contributed by atoms with Crippen LogP contribution in [0.5, 0.6) is 17.2 Å². The second-order valence-corrected chi connectivity index (χ2v) is 10.8. The van der Waals surface area contributed by atoms with Crippen LogP contribution in [0.25, 0.3) is 11.3 Å². The quantitative estimate of drug-likeness (QED) is 0.672. The zero-order valence-corrected chi connectivity index (χ0v) is 19.4. The zero-order chi connectivity index (χ0) is 22.9. The van der Waals surface area contributed by atoms with E-state index >= 15 is 0 Å². The predicted molar refractivity (Wildman–Crippen MR) is 119 cm³/mol. The van der Waals surface area contributed by atoms with Gasteiger partial charge >= 0.3 is 0 Å². The maximum atomic E-state index is 12.9. The molecular weight excluding hydrogens is 434 g/mol. The molecule has 1 aliphatic heterocycles. The number of aromatic nitrogens is 2. The van der Waals surface area contributed by atoms with Crippen molar-refractivity contribution in [1.82, 2.24) is 15.1 Å². The number of sulfone groups is 1. The van der Waals surface area contributed by atoms with Gasteiger partial charge in [-0.25, -0.2) is 8.42 Å². The predicted octanol–water partition coefficient (Wildman–Crippen LogP) is 2.67. The molecule has 32 heavy (non-hydrogen) atoms. The number of methoxy groups -OCH3 is 3. The van der Waals surface area contributed by atoms with E-state index in [1.165, 1.54) is 21.3 Å². The van der Waals surface area contributed by atoms with Crippen LogP contribution in [0.1, 0.15) is 42.6 Å². The van der Waals surface area contributed by atoms with Gasteiger partial charge in [-0.1, -0.05) is 19.3 Å². The summed E-state index contributed by atoms with van der Waals surface area (Å²) in [6, 6.07) is 5.15. The van der Waals surface area contributed by atoms with Gasteiger partial charge in [0.05, 0.1) is 37.5 Å². The van der Waals surface area contributed by atoms with Crippen molar-refractivity contribution in [3.63, 3.8) is 0 Å². The maximum Gasteiger partial charge on any atom is 0.271 e. The number of rotatable bonds is 7. The Morgan fingerprint density at radius 1 is 0.969 bits per heavy atom. The number of hydrogen-bond acceptors (Lipinski definition) is 7. The Morgan fingerprint density at radius 3 is 2.16 bits per heavy atom. The molecule has 1 saturated carbocycles. The number of ether oxygens (including phenoxy) is 3. The highest BCUT2D eigenvalue weighted by molar-refractivity contribution is 7.92. The number of H-pyrrole nitrogens is 1. The molecule has 0 radical (unpaired) electrons. The van der Waals surface area contributed by atoms with Crippen LogP contribution in [0.4, 0.5) is 0 Å². The van der Waals surface area contributed by atoms with Gasteiger partial charge in [0.1, 0.15) is 5.69 Å². The second kappa shape index (κ2) is 9.01. The average molecular weight is 464 g/mol. The Morgan fingerprint density at radius 2 is 1.59 bits per heavy atom.